The molecule has 10 heteroatoms. The van der Waals surface area contributed by atoms with Gasteiger partial charge in [0.25, 0.3) is 0 Å². The van der Waals surface area contributed by atoms with E-state index in [4.69, 9.17) is 14.9 Å². The molecule has 4 rings (SSSR count). The lowest BCUT2D eigenvalue weighted by Crippen LogP contribution is -2.12. The molecule has 3 aromatic rings. The molecule has 0 radical (unpaired) electrons. The summed E-state index contributed by atoms with van der Waals surface area (Å²) < 4.78 is 13.1. The molecule has 0 spiro atoms. The maximum absolute atomic E-state index is 7.62. The minimum atomic E-state index is 0. The van der Waals surface area contributed by atoms with Gasteiger partial charge in [-0.05, 0) is 18.9 Å². The number of nitrogens with one attached hydrogen (secondary N) is 3. The Morgan fingerprint density at radius 1 is 1.35 bits per heavy atom. The third kappa shape index (κ3) is 5.76. The summed E-state index contributed by atoms with van der Waals surface area (Å²) in [7, 11) is 1.84. The number of pyridine rings is 1. The van der Waals surface area contributed by atoms with Crippen LogP contribution in [-0.2, 0) is 18.3 Å². The molecule has 1 saturated heterocycles. The van der Waals surface area contributed by atoms with E-state index in [2.05, 4.69) is 30.7 Å². The molecule has 0 unspecified atom stereocenters. The summed E-state index contributed by atoms with van der Waals surface area (Å²) in [6, 6.07) is 5.68. The molecule has 10 nitrogen and oxygen atoms in total. The van der Waals surface area contributed by atoms with Crippen molar-refractivity contribution in [2.45, 2.75) is 31.9 Å². The first-order valence-electron chi connectivity index (χ1n) is 10.3. The lowest BCUT2D eigenvalue weighted by molar-refractivity contribution is 0.0896. The third-order valence-corrected chi connectivity index (χ3v) is 4.87. The van der Waals surface area contributed by atoms with E-state index >= 15 is 0 Å². The quantitative estimate of drug-likeness (QED) is 0.424. The van der Waals surface area contributed by atoms with Gasteiger partial charge in [-0.25, -0.2) is 9.97 Å². The molecule has 1 aliphatic rings. The minimum Gasteiger partial charge on any atom is -0.478 e. The second-order valence-corrected chi connectivity index (χ2v) is 7.26. The Labute approximate surface area is 182 Å². The molecule has 4 heterocycles. The molecule has 1 aliphatic heterocycles. The van der Waals surface area contributed by atoms with Crippen LogP contribution in [-0.4, -0.2) is 50.3 Å². The topological polar surface area (TPSA) is 123 Å². The van der Waals surface area contributed by atoms with E-state index in [1.165, 1.54) is 6.21 Å². The monoisotopic (exact) mass is 424 g/mol. The summed E-state index contributed by atoms with van der Waals surface area (Å²) >= 11 is 0. The van der Waals surface area contributed by atoms with Crippen molar-refractivity contribution in [3.63, 3.8) is 0 Å². The van der Waals surface area contributed by atoms with Crippen LogP contribution >= 0.6 is 0 Å². The van der Waals surface area contributed by atoms with Crippen molar-refractivity contribution < 1.29 is 10.9 Å². The van der Waals surface area contributed by atoms with Crippen LogP contribution in [0, 0.1) is 5.41 Å². The predicted octanol–water partition coefficient (Wildman–Crippen LogP) is 3.15. The van der Waals surface area contributed by atoms with Crippen molar-refractivity contribution in [1.29, 1.82) is 5.41 Å². The summed E-state index contributed by atoms with van der Waals surface area (Å²) in [5.41, 5.74) is 2.18. The van der Waals surface area contributed by atoms with Crippen LogP contribution in [0.25, 0.3) is 0 Å². The molecule has 0 amide bonds. The van der Waals surface area contributed by atoms with Crippen LogP contribution in [0.1, 0.15) is 31.9 Å². The van der Waals surface area contributed by atoms with Gasteiger partial charge in [-0.15, -0.1) is 0 Å². The first-order chi connectivity index (χ1) is 15.2. The number of ether oxygens (including phenoxy) is 2. The molecule has 0 aliphatic carbocycles. The zero-order valence-corrected chi connectivity index (χ0v) is 17.4. The van der Waals surface area contributed by atoms with Gasteiger partial charge in [0, 0.05) is 46.2 Å². The number of aromatic nitrogens is 5. The van der Waals surface area contributed by atoms with E-state index in [0.29, 0.717) is 42.5 Å². The Morgan fingerprint density at radius 2 is 2.29 bits per heavy atom. The summed E-state index contributed by atoms with van der Waals surface area (Å²) in [5, 5.41) is 18.1. The largest absolute Gasteiger partial charge is 0.478 e. The molecule has 3 N–H and O–H groups in total. The highest BCUT2D eigenvalue weighted by Crippen LogP contribution is 2.18. The Kier molecular flexibility index (Phi) is 6.68. The van der Waals surface area contributed by atoms with Gasteiger partial charge in [0.15, 0.2) is 0 Å². The van der Waals surface area contributed by atoms with Crippen LogP contribution in [0.2, 0.25) is 0 Å². The fourth-order valence-electron chi connectivity index (χ4n) is 3.29. The highest BCUT2D eigenvalue weighted by Gasteiger charge is 2.15. The molecule has 1 atom stereocenters. The summed E-state index contributed by atoms with van der Waals surface area (Å²) in [4.78, 5) is 13.3. The number of anilines is 3. The fourth-order valence-corrected chi connectivity index (χ4v) is 3.29. The zero-order chi connectivity index (χ0) is 21.5. The fraction of sp³-hybridized carbons (Fsp3) is 0.381. The van der Waals surface area contributed by atoms with Gasteiger partial charge >= 0.3 is 0 Å². The molecule has 0 saturated carbocycles. The minimum absolute atomic E-state index is 0. The van der Waals surface area contributed by atoms with Crippen LogP contribution in [0.5, 0.6) is 5.88 Å². The van der Waals surface area contributed by atoms with Crippen LogP contribution in [0.3, 0.4) is 0 Å². The lowest BCUT2D eigenvalue weighted by Gasteiger charge is -2.12. The second-order valence-electron chi connectivity index (χ2n) is 7.26. The first kappa shape index (κ1) is 20.7. The number of nitrogens with zero attached hydrogens (tertiary/aromatic N) is 5. The van der Waals surface area contributed by atoms with Gasteiger partial charge in [0.05, 0.1) is 42.4 Å². The highest BCUT2D eigenvalue weighted by molar-refractivity contribution is 5.84. The van der Waals surface area contributed by atoms with Crippen molar-refractivity contribution in [1.82, 2.24) is 24.7 Å². The molecule has 164 valence electrons. The van der Waals surface area contributed by atoms with E-state index in [1.807, 2.05) is 31.4 Å². The van der Waals surface area contributed by atoms with E-state index in [1.54, 1.807) is 17.1 Å². The number of hydrogen-bond donors (Lipinski definition) is 3. The maximum atomic E-state index is 7.62. The average Bonchev–Trinajstić information content (AvgIpc) is 3.44. The first-order valence-corrected chi connectivity index (χ1v) is 10.3. The van der Waals surface area contributed by atoms with Gasteiger partial charge in [0.2, 0.25) is 11.8 Å². The van der Waals surface area contributed by atoms with Crippen LogP contribution in [0.4, 0.5) is 17.5 Å². The maximum Gasteiger partial charge on any atom is 0.229 e. The molecule has 0 aromatic carbocycles. The van der Waals surface area contributed by atoms with Crippen molar-refractivity contribution in [3.05, 3.63) is 48.0 Å². The number of hydrogen-bond acceptors (Lipinski definition) is 9. The predicted molar refractivity (Wildman–Crippen MR) is 119 cm³/mol. The van der Waals surface area contributed by atoms with Gasteiger partial charge in [0.1, 0.15) is 5.82 Å². The molecular weight excluding hydrogens is 396 g/mol. The van der Waals surface area contributed by atoms with E-state index in [-0.39, 0.29) is 1.43 Å². The summed E-state index contributed by atoms with van der Waals surface area (Å²) in [6.07, 6.45) is 9.74. The number of rotatable bonds is 10. The van der Waals surface area contributed by atoms with Crippen molar-refractivity contribution in [3.8, 4) is 5.88 Å². The number of aryl methyl sites for hydroxylation is 1. The highest BCUT2D eigenvalue weighted by atomic mass is 16.5. The van der Waals surface area contributed by atoms with E-state index in [0.717, 1.165) is 37.3 Å². The van der Waals surface area contributed by atoms with E-state index < -0.39 is 0 Å². The third-order valence-electron chi connectivity index (χ3n) is 4.87. The van der Waals surface area contributed by atoms with Gasteiger partial charge in [-0.1, -0.05) is 6.07 Å². The van der Waals surface area contributed by atoms with Gasteiger partial charge < -0.3 is 25.5 Å². The van der Waals surface area contributed by atoms with Gasteiger partial charge in [-0.2, -0.15) is 10.1 Å². The van der Waals surface area contributed by atoms with Crippen molar-refractivity contribution >= 4 is 23.7 Å². The zero-order valence-electron chi connectivity index (χ0n) is 17.4. The average molecular weight is 425 g/mol. The molecular formula is C21H28N8O2. The normalized spacial score (nSPS) is 15.6. The Bertz CT molecular complexity index is 1020. The molecule has 1 fully saturated rings. The lowest BCUT2D eigenvalue weighted by atomic mass is 10.2. The van der Waals surface area contributed by atoms with Crippen LogP contribution in [0.15, 0.2) is 36.8 Å². The Morgan fingerprint density at radius 3 is 3.06 bits per heavy atom. The molecule has 0 bridgehead atoms. The second kappa shape index (κ2) is 9.98. The SMILES string of the molecule is Cn1cc(Nc2ncc(C=N)c(NCc3cccc(OCC[C@H]4CCCO4)n3)n2)cn1.[HH]. The van der Waals surface area contributed by atoms with Gasteiger partial charge in [-0.3, -0.25) is 4.68 Å². The summed E-state index contributed by atoms with van der Waals surface area (Å²) in [5.74, 6) is 1.55. The molecule has 31 heavy (non-hydrogen) atoms. The Hall–Kier alpha value is -3.53. The summed E-state index contributed by atoms with van der Waals surface area (Å²) in [6.45, 7) is 1.87. The standard InChI is InChI=1S/C21H26N8O2.H2/c1-29-14-17(13-25-29)27-21-24-11-15(10-22)20(28-21)23-12-16-4-2-6-19(26-16)31-9-7-18-5-3-8-30-18;/h2,4,6,10-11,13-14,18,22H,3,5,7-9,12H2,1H3,(H2,23,24,27,28);1H/t18-;/m1./s1. The Balaban J connectivity index is 0.00000289. The smallest absolute Gasteiger partial charge is 0.229 e. The molecule has 3 aromatic heterocycles. The van der Waals surface area contributed by atoms with Crippen molar-refractivity contribution in [2.24, 2.45) is 7.05 Å². The van der Waals surface area contributed by atoms with Crippen molar-refractivity contribution in [2.75, 3.05) is 23.8 Å². The van der Waals surface area contributed by atoms with Crippen LogP contribution < -0.4 is 15.4 Å². The van der Waals surface area contributed by atoms with E-state index in [9.17, 15) is 0 Å².